The van der Waals surface area contributed by atoms with Crippen LogP contribution in [-0.2, 0) is 16.0 Å². The van der Waals surface area contributed by atoms with Gasteiger partial charge < -0.3 is 10.6 Å². The smallest absolute Gasteiger partial charge is 0.234 e. The van der Waals surface area contributed by atoms with E-state index in [2.05, 4.69) is 22.8 Å². The van der Waals surface area contributed by atoms with Gasteiger partial charge in [-0.3, -0.25) is 14.5 Å². The van der Waals surface area contributed by atoms with Crippen molar-refractivity contribution in [3.63, 3.8) is 0 Å². The Balaban J connectivity index is 1.85. The van der Waals surface area contributed by atoms with E-state index in [-0.39, 0.29) is 37.0 Å². The van der Waals surface area contributed by atoms with Crippen LogP contribution >= 0.6 is 0 Å². The van der Waals surface area contributed by atoms with Crippen LogP contribution in [0.5, 0.6) is 0 Å². The highest BCUT2D eigenvalue weighted by molar-refractivity contribution is 5.81. The lowest BCUT2D eigenvalue weighted by atomic mass is 9.88. The van der Waals surface area contributed by atoms with E-state index in [1.807, 2.05) is 26.0 Å². The van der Waals surface area contributed by atoms with Gasteiger partial charge in [0.1, 0.15) is 0 Å². The second-order valence-electron chi connectivity index (χ2n) is 6.61. The van der Waals surface area contributed by atoms with Crippen LogP contribution in [0.1, 0.15) is 43.9 Å². The van der Waals surface area contributed by atoms with Crippen LogP contribution in [0, 0.1) is 0 Å². The molecule has 0 radical (unpaired) electrons. The van der Waals surface area contributed by atoms with Crippen LogP contribution in [0.25, 0.3) is 0 Å². The zero-order valence-corrected chi connectivity index (χ0v) is 14.3. The van der Waals surface area contributed by atoms with Gasteiger partial charge >= 0.3 is 0 Å². The molecule has 1 aliphatic rings. The van der Waals surface area contributed by atoms with Gasteiger partial charge in [-0.2, -0.15) is 0 Å². The molecule has 0 saturated heterocycles. The summed E-state index contributed by atoms with van der Waals surface area (Å²) in [4.78, 5) is 25.7. The van der Waals surface area contributed by atoms with Crippen molar-refractivity contribution in [2.45, 2.75) is 45.2 Å². The van der Waals surface area contributed by atoms with Gasteiger partial charge in [-0.15, -0.1) is 0 Å². The summed E-state index contributed by atoms with van der Waals surface area (Å²) in [5.41, 5.74) is 2.56. The summed E-state index contributed by atoms with van der Waals surface area (Å²) in [5, 5.41) is 5.94. The van der Waals surface area contributed by atoms with Crippen LogP contribution in [0.4, 0.5) is 0 Å². The quantitative estimate of drug-likeness (QED) is 0.838. The van der Waals surface area contributed by atoms with Crippen molar-refractivity contribution < 1.29 is 9.59 Å². The van der Waals surface area contributed by atoms with E-state index in [1.54, 1.807) is 11.9 Å². The fraction of sp³-hybridized carbons (Fsp3) is 0.556. The lowest BCUT2D eigenvalue weighted by Gasteiger charge is -2.27. The Labute approximate surface area is 138 Å². The molecule has 1 aromatic carbocycles. The Morgan fingerprint density at radius 1 is 1.22 bits per heavy atom. The number of nitrogens with one attached hydrogen (secondary N) is 2. The molecule has 23 heavy (non-hydrogen) atoms. The van der Waals surface area contributed by atoms with Crippen molar-refractivity contribution in [2.24, 2.45) is 0 Å². The first-order valence-electron chi connectivity index (χ1n) is 8.30. The zero-order valence-electron chi connectivity index (χ0n) is 14.3. The molecule has 0 fully saturated rings. The molecule has 5 nitrogen and oxygen atoms in total. The minimum Gasteiger partial charge on any atom is -0.353 e. The molecule has 0 aliphatic heterocycles. The molecular weight excluding hydrogens is 290 g/mol. The summed E-state index contributed by atoms with van der Waals surface area (Å²) in [6.07, 6.45) is 3.15. The number of carbonyl (C=O) groups is 2. The second-order valence-corrected chi connectivity index (χ2v) is 6.61. The molecule has 0 heterocycles. The number of likely N-dealkylation sites (N-methyl/N-ethyl adjacent to an activating group) is 1. The maximum Gasteiger partial charge on any atom is 0.234 e. The van der Waals surface area contributed by atoms with Gasteiger partial charge in [0, 0.05) is 6.04 Å². The molecule has 1 aliphatic carbocycles. The van der Waals surface area contributed by atoms with E-state index >= 15 is 0 Å². The number of amides is 2. The molecule has 0 bridgehead atoms. The Morgan fingerprint density at radius 2 is 1.91 bits per heavy atom. The van der Waals surface area contributed by atoms with E-state index in [1.165, 1.54) is 11.1 Å². The number of benzene rings is 1. The minimum atomic E-state index is -0.0571. The van der Waals surface area contributed by atoms with Crippen molar-refractivity contribution in [3.8, 4) is 0 Å². The normalized spacial score (nSPS) is 17.0. The maximum absolute atomic E-state index is 12.3. The van der Waals surface area contributed by atoms with Gasteiger partial charge in [0.25, 0.3) is 0 Å². The number of rotatable bonds is 6. The van der Waals surface area contributed by atoms with Gasteiger partial charge in [0.15, 0.2) is 0 Å². The van der Waals surface area contributed by atoms with Crippen LogP contribution in [-0.4, -0.2) is 42.9 Å². The molecule has 0 unspecified atom stereocenters. The highest BCUT2D eigenvalue weighted by Crippen LogP contribution is 2.29. The van der Waals surface area contributed by atoms with Crippen molar-refractivity contribution in [3.05, 3.63) is 35.4 Å². The van der Waals surface area contributed by atoms with Gasteiger partial charge in [0.2, 0.25) is 11.8 Å². The highest BCUT2D eigenvalue weighted by Gasteiger charge is 2.22. The first-order valence-corrected chi connectivity index (χ1v) is 8.30. The molecule has 5 heteroatoms. The molecule has 0 spiro atoms. The molecule has 1 atom stereocenters. The minimum absolute atomic E-state index is 0.0356. The second kappa shape index (κ2) is 8.11. The summed E-state index contributed by atoms with van der Waals surface area (Å²) < 4.78 is 0. The number of carbonyl (C=O) groups excluding carboxylic acids is 2. The molecule has 0 saturated carbocycles. The molecule has 2 rings (SSSR count). The van der Waals surface area contributed by atoms with Crippen LogP contribution in [0.15, 0.2) is 24.3 Å². The van der Waals surface area contributed by atoms with Gasteiger partial charge in [0.05, 0.1) is 19.1 Å². The zero-order chi connectivity index (χ0) is 16.8. The standard InChI is InChI=1S/C18H27N3O2/c1-13(2)19-17(22)11-21(3)12-18(23)20-16-10-6-8-14-7-4-5-9-15(14)16/h4-5,7,9,13,16H,6,8,10-12H2,1-3H3,(H,19,22)(H,20,23)/t16-/m1/s1. The Kier molecular flexibility index (Phi) is 6.16. The lowest BCUT2D eigenvalue weighted by molar-refractivity contribution is -0.125. The molecule has 1 aromatic rings. The highest BCUT2D eigenvalue weighted by atomic mass is 16.2. The molecule has 2 N–H and O–H groups in total. The maximum atomic E-state index is 12.3. The molecule has 126 valence electrons. The van der Waals surface area contributed by atoms with E-state index in [9.17, 15) is 9.59 Å². The fourth-order valence-corrected chi connectivity index (χ4v) is 3.06. The average Bonchev–Trinajstić information content (AvgIpc) is 2.46. The Hall–Kier alpha value is -1.88. The number of fused-ring (bicyclic) bond motifs is 1. The summed E-state index contributed by atoms with van der Waals surface area (Å²) in [5.74, 6) is -0.0927. The number of nitrogens with zero attached hydrogens (tertiary/aromatic N) is 1. The third-order valence-corrected chi connectivity index (χ3v) is 3.98. The number of hydrogen-bond donors (Lipinski definition) is 2. The van der Waals surface area contributed by atoms with E-state index < -0.39 is 0 Å². The SMILES string of the molecule is CC(C)NC(=O)CN(C)CC(=O)N[C@@H]1CCCc2ccccc21. The first kappa shape index (κ1) is 17.5. The van der Waals surface area contributed by atoms with Crippen molar-refractivity contribution in [2.75, 3.05) is 20.1 Å². The van der Waals surface area contributed by atoms with Crippen molar-refractivity contribution >= 4 is 11.8 Å². The lowest BCUT2D eigenvalue weighted by Crippen LogP contribution is -2.43. The van der Waals surface area contributed by atoms with Gasteiger partial charge in [-0.25, -0.2) is 0 Å². The topological polar surface area (TPSA) is 61.4 Å². The molecule has 2 amide bonds. The van der Waals surface area contributed by atoms with Crippen molar-refractivity contribution in [1.29, 1.82) is 0 Å². The van der Waals surface area contributed by atoms with E-state index in [0.717, 1.165) is 19.3 Å². The van der Waals surface area contributed by atoms with Crippen LogP contribution in [0.3, 0.4) is 0 Å². The summed E-state index contributed by atoms with van der Waals surface area (Å²) in [6, 6.07) is 8.50. The predicted octanol–water partition coefficient (Wildman–Crippen LogP) is 1.64. The third kappa shape index (κ3) is 5.36. The monoisotopic (exact) mass is 317 g/mol. The van der Waals surface area contributed by atoms with E-state index in [4.69, 9.17) is 0 Å². The van der Waals surface area contributed by atoms with E-state index in [0.29, 0.717) is 0 Å². The van der Waals surface area contributed by atoms with Crippen molar-refractivity contribution in [1.82, 2.24) is 15.5 Å². The number of aryl methyl sites for hydroxylation is 1. The predicted molar refractivity (Wildman–Crippen MR) is 91.0 cm³/mol. The number of hydrogen-bond acceptors (Lipinski definition) is 3. The summed E-state index contributed by atoms with van der Waals surface area (Å²) >= 11 is 0. The largest absolute Gasteiger partial charge is 0.353 e. The summed E-state index contributed by atoms with van der Waals surface area (Å²) in [6.45, 7) is 4.30. The van der Waals surface area contributed by atoms with Crippen LogP contribution in [0.2, 0.25) is 0 Å². The Bertz CT molecular complexity index is 557. The van der Waals surface area contributed by atoms with Gasteiger partial charge in [-0.1, -0.05) is 24.3 Å². The fourth-order valence-electron chi connectivity index (χ4n) is 3.06. The summed E-state index contributed by atoms with van der Waals surface area (Å²) in [7, 11) is 1.79. The Morgan fingerprint density at radius 3 is 2.65 bits per heavy atom. The average molecular weight is 317 g/mol. The first-order chi connectivity index (χ1) is 11.0. The third-order valence-electron chi connectivity index (χ3n) is 3.98. The molecular formula is C18H27N3O2. The molecule has 0 aromatic heterocycles. The van der Waals surface area contributed by atoms with Gasteiger partial charge in [-0.05, 0) is 51.3 Å². The van der Waals surface area contributed by atoms with Crippen LogP contribution < -0.4 is 10.6 Å².